The van der Waals surface area contributed by atoms with Crippen molar-refractivity contribution in [2.45, 2.75) is 18.9 Å². The smallest absolute Gasteiger partial charge is 0.210 e. The summed E-state index contributed by atoms with van der Waals surface area (Å²) in [5.74, 6) is 1.07. The van der Waals surface area contributed by atoms with E-state index in [0.717, 1.165) is 57.8 Å². The Balaban J connectivity index is 1.86. The van der Waals surface area contributed by atoms with Crippen molar-refractivity contribution < 1.29 is 4.79 Å². The Labute approximate surface area is 120 Å². The van der Waals surface area contributed by atoms with Crippen molar-refractivity contribution in [3.63, 3.8) is 0 Å². The number of piperazine rings is 1. The van der Waals surface area contributed by atoms with Gasteiger partial charge in [-0.15, -0.1) is 0 Å². The standard InChI is InChI=1S/C15H22N4O/c1-17-8-10-18(11-9-17)15-13(4-2-6-16-15)14-5-3-7-19(14)12-20/h2,4,6,12,14H,3,5,7-11H2,1H3/t14-/m1/s1. The van der Waals surface area contributed by atoms with Gasteiger partial charge in [-0.3, -0.25) is 4.79 Å². The zero-order chi connectivity index (χ0) is 13.9. The number of pyridine rings is 1. The first kappa shape index (κ1) is 13.4. The number of hydrogen-bond donors (Lipinski definition) is 0. The maximum atomic E-state index is 11.2. The minimum atomic E-state index is 0.204. The lowest BCUT2D eigenvalue weighted by Crippen LogP contribution is -2.45. The number of likely N-dealkylation sites (N-methyl/N-ethyl adjacent to an activating group) is 1. The summed E-state index contributed by atoms with van der Waals surface area (Å²) in [5, 5.41) is 0. The summed E-state index contributed by atoms with van der Waals surface area (Å²) in [6, 6.07) is 4.32. The minimum absolute atomic E-state index is 0.204. The van der Waals surface area contributed by atoms with Gasteiger partial charge in [-0.25, -0.2) is 4.98 Å². The Morgan fingerprint density at radius 1 is 1.25 bits per heavy atom. The van der Waals surface area contributed by atoms with Crippen LogP contribution in [0.1, 0.15) is 24.4 Å². The summed E-state index contributed by atoms with van der Waals surface area (Å²) in [6.45, 7) is 5.02. The molecule has 0 radical (unpaired) electrons. The van der Waals surface area contributed by atoms with E-state index in [1.807, 2.05) is 17.2 Å². The second-order valence-electron chi connectivity index (χ2n) is 5.71. The zero-order valence-electron chi connectivity index (χ0n) is 12.0. The molecule has 2 saturated heterocycles. The predicted molar refractivity (Wildman–Crippen MR) is 78.7 cm³/mol. The maximum absolute atomic E-state index is 11.2. The van der Waals surface area contributed by atoms with Gasteiger partial charge in [-0.2, -0.15) is 0 Å². The Kier molecular flexibility index (Phi) is 3.87. The highest BCUT2D eigenvalue weighted by atomic mass is 16.1. The van der Waals surface area contributed by atoms with Crippen LogP contribution >= 0.6 is 0 Å². The number of hydrogen-bond acceptors (Lipinski definition) is 4. The van der Waals surface area contributed by atoms with E-state index in [1.165, 1.54) is 5.56 Å². The topological polar surface area (TPSA) is 39.7 Å². The molecule has 1 aromatic rings. The molecule has 2 aliphatic heterocycles. The second-order valence-corrected chi connectivity index (χ2v) is 5.71. The van der Waals surface area contributed by atoms with Crippen LogP contribution < -0.4 is 4.90 Å². The molecule has 5 heteroatoms. The number of carbonyl (C=O) groups is 1. The molecule has 20 heavy (non-hydrogen) atoms. The fourth-order valence-corrected chi connectivity index (χ4v) is 3.20. The quantitative estimate of drug-likeness (QED) is 0.775. The van der Waals surface area contributed by atoms with Crippen molar-refractivity contribution >= 4 is 12.2 Å². The number of rotatable bonds is 3. The van der Waals surface area contributed by atoms with E-state index in [1.54, 1.807) is 0 Å². The molecule has 0 saturated carbocycles. The molecule has 108 valence electrons. The van der Waals surface area contributed by atoms with Crippen molar-refractivity contribution in [3.8, 4) is 0 Å². The summed E-state index contributed by atoms with van der Waals surface area (Å²) in [5.41, 5.74) is 1.21. The molecule has 2 aliphatic rings. The largest absolute Gasteiger partial charge is 0.354 e. The van der Waals surface area contributed by atoms with Gasteiger partial charge in [0.25, 0.3) is 0 Å². The molecule has 0 unspecified atom stereocenters. The van der Waals surface area contributed by atoms with Crippen LogP contribution in [0.25, 0.3) is 0 Å². The highest BCUT2D eigenvalue weighted by Crippen LogP contribution is 2.35. The van der Waals surface area contributed by atoms with Crippen molar-refractivity contribution in [1.82, 2.24) is 14.8 Å². The van der Waals surface area contributed by atoms with Gasteiger partial charge in [0.1, 0.15) is 5.82 Å². The molecule has 0 N–H and O–H groups in total. The van der Waals surface area contributed by atoms with Gasteiger partial charge in [0, 0.05) is 44.5 Å². The third-order valence-corrected chi connectivity index (χ3v) is 4.41. The molecule has 0 spiro atoms. The summed E-state index contributed by atoms with van der Waals surface area (Å²) >= 11 is 0. The van der Waals surface area contributed by atoms with Crippen molar-refractivity contribution in [2.24, 2.45) is 0 Å². The fourth-order valence-electron chi connectivity index (χ4n) is 3.20. The fraction of sp³-hybridized carbons (Fsp3) is 0.600. The van der Waals surface area contributed by atoms with Gasteiger partial charge in [0.05, 0.1) is 6.04 Å². The van der Waals surface area contributed by atoms with E-state index in [-0.39, 0.29) is 6.04 Å². The summed E-state index contributed by atoms with van der Waals surface area (Å²) in [7, 11) is 2.15. The molecule has 3 rings (SSSR count). The van der Waals surface area contributed by atoms with Crippen LogP contribution in [-0.2, 0) is 4.79 Å². The van der Waals surface area contributed by atoms with Gasteiger partial charge < -0.3 is 14.7 Å². The van der Waals surface area contributed by atoms with E-state index >= 15 is 0 Å². The van der Waals surface area contributed by atoms with Gasteiger partial charge in [0.15, 0.2) is 0 Å². The molecular weight excluding hydrogens is 252 g/mol. The predicted octanol–water partition coefficient (Wildman–Crippen LogP) is 1.13. The lowest BCUT2D eigenvalue weighted by Gasteiger charge is -2.35. The third kappa shape index (κ3) is 2.50. The number of aromatic nitrogens is 1. The van der Waals surface area contributed by atoms with Crippen LogP contribution in [0.4, 0.5) is 5.82 Å². The van der Waals surface area contributed by atoms with Gasteiger partial charge >= 0.3 is 0 Å². The summed E-state index contributed by atoms with van der Waals surface area (Å²) in [4.78, 5) is 22.4. The number of anilines is 1. The first-order chi connectivity index (χ1) is 9.79. The highest BCUT2D eigenvalue weighted by Gasteiger charge is 2.29. The average molecular weight is 274 g/mol. The summed E-state index contributed by atoms with van der Waals surface area (Å²) in [6.07, 6.45) is 4.97. The van der Waals surface area contributed by atoms with E-state index in [2.05, 4.69) is 27.9 Å². The first-order valence-electron chi connectivity index (χ1n) is 7.39. The highest BCUT2D eigenvalue weighted by molar-refractivity contribution is 5.54. The van der Waals surface area contributed by atoms with Gasteiger partial charge in [-0.05, 0) is 26.0 Å². The number of amides is 1. The molecule has 2 fully saturated rings. The molecule has 1 amide bonds. The Hall–Kier alpha value is -1.62. The lowest BCUT2D eigenvalue weighted by molar-refractivity contribution is -0.118. The molecule has 1 aromatic heterocycles. The third-order valence-electron chi connectivity index (χ3n) is 4.41. The molecule has 3 heterocycles. The Bertz CT molecular complexity index is 471. The van der Waals surface area contributed by atoms with Gasteiger partial charge in [-0.1, -0.05) is 6.07 Å². The normalized spacial score (nSPS) is 24.1. The van der Waals surface area contributed by atoms with E-state index in [9.17, 15) is 4.79 Å². The van der Waals surface area contributed by atoms with Crippen molar-refractivity contribution in [3.05, 3.63) is 23.9 Å². The van der Waals surface area contributed by atoms with Crippen molar-refractivity contribution in [2.75, 3.05) is 44.7 Å². The van der Waals surface area contributed by atoms with Crippen molar-refractivity contribution in [1.29, 1.82) is 0 Å². The van der Waals surface area contributed by atoms with Crippen LogP contribution in [0.3, 0.4) is 0 Å². The number of likely N-dealkylation sites (tertiary alicyclic amines) is 1. The molecule has 0 aromatic carbocycles. The Morgan fingerprint density at radius 3 is 2.80 bits per heavy atom. The lowest BCUT2D eigenvalue weighted by atomic mass is 10.0. The van der Waals surface area contributed by atoms with Crippen LogP contribution in [0, 0.1) is 0 Å². The molecule has 0 bridgehead atoms. The SMILES string of the molecule is CN1CCN(c2ncccc2[C@H]2CCCN2C=O)CC1. The van der Waals surface area contributed by atoms with Gasteiger partial charge in [0.2, 0.25) is 6.41 Å². The second kappa shape index (κ2) is 5.79. The monoisotopic (exact) mass is 274 g/mol. The van der Waals surface area contributed by atoms with E-state index < -0.39 is 0 Å². The average Bonchev–Trinajstić information content (AvgIpc) is 2.96. The Morgan fingerprint density at radius 2 is 2.05 bits per heavy atom. The van der Waals surface area contributed by atoms with Crippen LogP contribution in [0.5, 0.6) is 0 Å². The van der Waals surface area contributed by atoms with E-state index in [0.29, 0.717) is 0 Å². The van der Waals surface area contributed by atoms with Crippen LogP contribution in [0.2, 0.25) is 0 Å². The first-order valence-corrected chi connectivity index (χ1v) is 7.39. The van der Waals surface area contributed by atoms with E-state index in [4.69, 9.17) is 0 Å². The van der Waals surface area contributed by atoms with Crippen LogP contribution in [-0.4, -0.2) is 61.0 Å². The molecular formula is C15H22N4O. The molecule has 5 nitrogen and oxygen atoms in total. The molecule has 1 atom stereocenters. The minimum Gasteiger partial charge on any atom is -0.354 e. The molecule has 0 aliphatic carbocycles. The zero-order valence-corrected chi connectivity index (χ0v) is 12.0. The number of nitrogens with zero attached hydrogens (tertiary/aromatic N) is 4. The number of carbonyl (C=O) groups excluding carboxylic acids is 1. The summed E-state index contributed by atoms with van der Waals surface area (Å²) < 4.78 is 0. The maximum Gasteiger partial charge on any atom is 0.210 e. The van der Waals surface area contributed by atoms with Crippen LogP contribution in [0.15, 0.2) is 18.3 Å².